The van der Waals surface area contributed by atoms with Gasteiger partial charge in [-0.1, -0.05) is 13.8 Å². The highest BCUT2D eigenvalue weighted by molar-refractivity contribution is 5.24. The highest BCUT2D eigenvalue weighted by atomic mass is 15.3. The van der Waals surface area contributed by atoms with Crippen molar-refractivity contribution in [3.63, 3.8) is 0 Å². The van der Waals surface area contributed by atoms with Crippen LogP contribution in [-0.2, 0) is 13.0 Å². The van der Waals surface area contributed by atoms with E-state index >= 15 is 0 Å². The van der Waals surface area contributed by atoms with E-state index in [1.165, 1.54) is 17.0 Å². The summed E-state index contributed by atoms with van der Waals surface area (Å²) in [5, 5.41) is 7.99. The van der Waals surface area contributed by atoms with Crippen molar-refractivity contribution in [2.75, 3.05) is 6.54 Å². The predicted octanol–water partition coefficient (Wildman–Crippen LogP) is 2.06. The third-order valence-corrected chi connectivity index (χ3v) is 2.88. The minimum Gasteiger partial charge on any atom is -0.313 e. The first-order valence-corrected chi connectivity index (χ1v) is 5.86. The lowest BCUT2D eigenvalue weighted by Gasteiger charge is -2.13. The zero-order valence-corrected chi connectivity index (χ0v) is 10.6. The summed E-state index contributed by atoms with van der Waals surface area (Å²) < 4.78 is 2.13. The molecule has 1 N–H and O–H groups in total. The summed E-state index contributed by atoms with van der Waals surface area (Å²) in [7, 11) is 0. The Morgan fingerprint density at radius 1 is 1.33 bits per heavy atom. The van der Waals surface area contributed by atoms with Gasteiger partial charge in [0.1, 0.15) is 0 Å². The molecule has 0 saturated carbocycles. The molecule has 0 amide bonds. The van der Waals surface area contributed by atoms with E-state index in [0.29, 0.717) is 6.04 Å². The van der Waals surface area contributed by atoms with E-state index in [2.05, 4.69) is 49.7 Å². The quantitative estimate of drug-likeness (QED) is 0.804. The molecule has 1 heterocycles. The monoisotopic (exact) mass is 209 g/mol. The van der Waals surface area contributed by atoms with Gasteiger partial charge in [-0.3, -0.25) is 4.68 Å². The second kappa shape index (κ2) is 5.31. The molecule has 0 saturated heterocycles. The minimum absolute atomic E-state index is 0.484. The number of nitrogens with one attached hydrogen (secondary N) is 1. The summed E-state index contributed by atoms with van der Waals surface area (Å²) in [6.45, 7) is 12.8. The van der Waals surface area contributed by atoms with Gasteiger partial charge in [-0.05, 0) is 39.3 Å². The van der Waals surface area contributed by atoms with Crippen LogP contribution in [0, 0.1) is 13.8 Å². The van der Waals surface area contributed by atoms with E-state index in [4.69, 9.17) is 0 Å². The minimum atomic E-state index is 0.484. The SMILES string of the molecule is CCNC(C)Cn1nc(C)c(CC)c1C. The van der Waals surface area contributed by atoms with Gasteiger partial charge in [-0.15, -0.1) is 0 Å². The largest absolute Gasteiger partial charge is 0.313 e. The number of hydrogen-bond acceptors (Lipinski definition) is 2. The van der Waals surface area contributed by atoms with Crippen LogP contribution >= 0.6 is 0 Å². The van der Waals surface area contributed by atoms with E-state index in [1.54, 1.807) is 0 Å². The van der Waals surface area contributed by atoms with E-state index < -0.39 is 0 Å². The average Bonchev–Trinajstić information content (AvgIpc) is 2.42. The zero-order chi connectivity index (χ0) is 11.4. The maximum absolute atomic E-state index is 4.58. The number of nitrogens with zero attached hydrogens (tertiary/aromatic N) is 2. The smallest absolute Gasteiger partial charge is 0.0628 e. The fraction of sp³-hybridized carbons (Fsp3) is 0.750. The van der Waals surface area contributed by atoms with Crippen LogP contribution in [-0.4, -0.2) is 22.4 Å². The van der Waals surface area contributed by atoms with Gasteiger partial charge in [0.2, 0.25) is 0 Å². The molecule has 0 aliphatic rings. The van der Waals surface area contributed by atoms with Crippen molar-refractivity contribution in [3.05, 3.63) is 17.0 Å². The van der Waals surface area contributed by atoms with Crippen LogP contribution in [0.4, 0.5) is 0 Å². The number of hydrogen-bond donors (Lipinski definition) is 1. The highest BCUT2D eigenvalue weighted by Gasteiger charge is 2.11. The van der Waals surface area contributed by atoms with Crippen molar-refractivity contribution in [2.24, 2.45) is 0 Å². The van der Waals surface area contributed by atoms with Crippen molar-refractivity contribution >= 4 is 0 Å². The van der Waals surface area contributed by atoms with Crippen LogP contribution in [0.15, 0.2) is 0 Å². The Kier molecular flexibility index (Phi) is 4.33. The molecule has 86 valence electrons. The molecule has 0 spiro atoms. The molecule has 1 rings (SSSR count). The van der Waals surface area contributed by atoms with Crippen molar-refractivity contribution in [3.8, 4) is 0 Å². The summed E-state index contributed by atoms with van der Waals surface area (Å²) in [5.74, 6) is 0. The summed E-state index contributed by atoms with van der Waals surface area (Å²) >= 11 is 0. The van der Waals surface area contributed by atoms with E-state index in [-0.39, 0.29) is 0 Å². The normalized spacial score (nSPS) is 13.1. The van der Waals surface area contributed by atoms with E-state index in [9.17, 15) is 0 Å². The second-order valence-electron chi connectivity index (χ2n) is 4.14. The third kappa shape index (κ3) is 2.81. The molecule has 0 bridgehead atoms. The van der Waals surface area contributed by atoms with Crippen molar-refractivity contribution in [1.82, 2.24) is 15.1 Å². The molecule has 3 heteroatoms. The summed E-state index contributed by atoms with van der Waals surface area (Å²) in [6.07, 6.45) is 1.08. The van der Waals surface area contributed by atoms with Gasteiger partial charge < -0.3 is 5.32 Å². The molecular weight excluding hydrogens is 186 g/mol. The van der Waals surface area contributed by atoms with Gasteiger partial charge in [0.25, 0.3) is 0 Å². The predicted molar refractivity (Wildman–Crippen MR) is 64.2 cm³/mol. The van der Waals surface area contributed by atoms with Crippen LogP contribution in [0.3, 0.4) is 0 Å². The Labute approximate surface area is 92.9 Å². The Bertz CT molecular complexity index is 315. The third-order valence-electron chi connectivity index (χ3n) is 2.88. The lowest BCUT2D eigenvalue weighted by Crippen LogP contribution is -2.30. The van der Waals surface area contributed by atoms with Crippen LogP contribution < -0.4 is 5.32 Å². The van der Waals surface area contributed by atoms with Gasteiger partial charge in [0.15, 0.2) is 0 Å². The summed E-state index contributed by atoms with van der Waals surface area (Å²) in [6, 6.07) is 0.484. The fourth-order valence-electron chi connectivity index (χ4n) is 2.10. The molecule has 1 aromatic heterocycles. The van der Waals surface area contributed by atoms with Gasteiger partial charge in [-0.25, -0.2) is 0 Å². The van der Waals surface area contributed by atoms with Gasteiger partial charge in [0, 0.05) is 11.7 Å². The first-order valence-electron chi connectivity index (χ1n) is 5.86. The lowest BCUT2D eigenvalue weighted by atomic mass is 10.1. The first kappa shape index (κ1) is 12.2. The lowest BCUT2D eigenvalue weighted by molar-refractivity contribution is 0.453. The number of aryl methyl sites for hydroxylation is 1. The molecule has 0 aromatic carbocycles. The summed E-state index contributed by atoms with van der Waals surface area (Å²) in [4.78, 5) is 0. The molecule has 0 radical (unpaired) electrons. The number of rotatable bonds is 5. The molecular formula is C12H23N3. The van der Waals surface area contributed by atoms with Crippen LogP contribution in [0.2, 0.25) is 0 Å². The van der Waals surface area contributed by atoms with Crippen molar-refractivity contribution < 1.29 is 0 Å². The van der Waals surface area contributed by atoms with Crippen LogP contribution in [0.1, 0.15) is 37.7 Å². The first-order chi connectivity index (χ1) is 7.10. The van der Waals surface area contributed by atoms with E-state index in [1.807, 2.05) is 0 Å². The maximum Gasteiger partial charge on any atom is 0.0628 e. The maximum atomic E-state index is 4.58. The Hall–Kier alpha value is -0.830. The molecule has 3 nitrogen and oxygen atoms in total. The Morgan fingerprint density at radius 3 is 2.47 bits per heavy atom. The van der Waals surface area contributed by atoms with Crippen LogP contribution in [0.25, 0.3) is 0 Å². The van der Waals surface area contributed by atoms with Crippen molar-refractivity contribution in [1.29, 1.82) is 0 Å². The van der Waals surface area contributed by atoms with Gasteiger partial charge in [0.05, 0.1) is 12.2 Å². The second-order valence-corrected chi connectivity index (χ2v) is 4.14. The zero-order valence-electron chi connectivity index (χ0n) is 10.6. The van der Waals surface area contributed by atoms with E-state index in [0.717, 1.165) is 19.5 Å². The standard InChI is InChI=1S/C12H23N3/c1-6-12-10(4)14-15(11(12)5)8-9(3)13-7-2/h9,13H,6-8H2,1-5H3. The fourth-order valence-corrected chi connectivity index (χ4v) is 2.10. The van der Waals surface area contributed by atoms with Gasteiger partial charge in [-0.2, -0.15) is 5.10 Å². The molecule has 0 fully saturated rings. The molecule has 15 heavy (non-hydrogen) atoms. The van der Waals surface area contributed by atoms with Gasteiger partial charge >= 0.3 is 0 Å². The summed E-state index contributed by atoms with van der Waals surface area (Å²) in [5.41, 5.74) is 3.90. The Morgan fingerprint density at radius 2 is 2.00 bits per heavy atom. The van der Waals surface area contributed by atoms with Crippen LogP contribution in [0.5, 0.6) is 0 Å². The molecule has 1 aromatic rings. The van der Waals surface area contributed by atoms with Crippen molar-refractivity contribution in [2.45, 2.75) is 53.6 Å². The highest BCUT2D eigenvalue weighted by Crippen LogP contribution is 2.13. The molecule has 1 unspecified atom stereocenters. The number of likely N-dealkylation sites (N-methyl/N-ethyl adjacent to an activating group) is 1. The molecule has 0 aliphatic heterocycles. The average molecular weight is 209 g/mol. The number of aromatic nitrogens is 2. The molecule has 0 aliphatic carbocycles. The topological polar surface area (TPSA) is 29.9 Å². The Balaban J connectivity index is 2.77. The molecule has 1 atom stereocenters.